The van der Waals surface area contributed by atoms with E-state index in [1.807, 2.05) is 30.3 Å². The number of rotatable bonds is 15. The fourth-order valence-corrected chi connectivity index (χ4v) is 7.95. The van der Waals surface area contributed by atoms with Gasteiger partial charge in [0.25, 0.3) is 11.8 Å². The van der Waals surface area contributed by atoms with E-state index in [0.717, 1.165) is 38.6 Å². The van der Waals surface area contributed by atoms with Gasteiger partial charge in [0, 0.05) is 61.1 Å². The minimum absolute atomic E-state index is 0.115. The third-order valence-electron chi connectivity index (χ3n) is 11.0. The Kier molecular flexibility index (Phi) is 10.0. The summed E-state index contributed by atoms with van der Waals surface area (Å²) in [6.07, 6.45) is 5.74. The first kappa shape index (κ1) is 37.1. The molecule has 3 fully saturated rings. The maximum absolute atomic E-state index is 13.5. The van der Waals surface area contributed by atoms with Crippen LogP contribution in [-0.4, -0.2) is 102 Å². The lowest BCUT2D eigenvalue weighted by molar-refractivity contribution is -0.153. The van der Waals surface area contributed by atoms with Crippen molar-refractivity contribution >= 4 is 52.2 Å². The van der Waals surface area contributed by atoms with Gasteiger partial charge in [-0.2, -0.15) is 5.10 Å². The van der Waals surface area contributed by atoms with Crippen molar-refractivity contribution in [3.63, 3.8) is 0 Å². The van der Waals surface area contributed by atoms with Crippen LogP contribution in [0.4, 0.5) is 5.69 Å². The highest BCUT2D eigenvalue weighted by molar-refractivity contribution is 6.27. The number of H-pyrrole nitrogens is 1. The molecular weight excluding hydrogens is 706 g/mol. The Morgan fingerprint density at radius 1 is 0.982 bits per heavy atom. The molecule has 5 aliphatic rings. The molecule has 3 aliphatic carbocycles. The second-order valence-corrected chi connectivity index (χ2v) is 14.3. The van der Waals surface area contributed by atoms with Crippen LogP contribution in [0.15, 0.2) is 49.3 Å². The molecule has 0 atom stereocenters. The van der Waals surface area contributed by atoms with Gasteiger partial charge in [0.1, 0.15) is 22.8 Å². The van der Waals surface area contributed by atoms with E-state index in [9.17, 15) is 28.8 Å². The van der Waals surface area contributed by atoms with Crippen molar-refractivity contribution in [2.75, 3.05) is 46.2 Å². The van der Waals surface area contributed by atoms with E-state index in [0.29, 0.717) is 49.5 Å². The van der Waals surface area contributed by atoms with Crippen LogP contribution in [0.5, 0.6) is 11.5 Å². The van der Waals surface area contributed by atoms with E-state index >= 15 is 0 Å². The van der Waals surface area contributed by atoms with E-state index < -0.39 is 23.1 Å². The summed E-state index contributed by atoms with van der Waals surface area (Å²) in [5.41, 5.74) is 4.61. The van der Waals surface area contributed by atoms with Gasteiger partial charge in [-0.3, -0.25) is 38.8 Å². The Morgan fingerprint density at radius 3 is 2.38 bits per heavy atom. The van der Waals surface area contributed by atoms with Crippen LogP contribution in [0.3, 0.4) is 0 Å². The fraction of sp³-hybridized carbons (Fsp3) is 0.375. The molecule has 15 nitrogen and oxygen atoms in total. The number of Topliss-reactive ketones (excluding diaryl/α,β-unsaturated/α-hetero) is 2. The summed E-state index contributed by atoms with van der Waals surface area (Å²) in [4.78, 5) is 79.9. The molecule has 3 saturated carbocycles. The van der Waals surface area contributed by atoms with Crippen LogP contribution in [-0.2, 0) is 25.6 Å². The summed E-state index contributed by atoms with van der Waals surface area (Å²) in [6.45, 7) is 4.64. The number of carbonyl (C=O) groups excluding carboxylic acids is 6. The van der Waals surface area contributed by atoms with Crippen LogP contribution >= 0.6 is 0 Å². The number of nitrogens with zero attached hydrogens (tertiary/aromatic N) is 3. The summed E-state index contributed by atoms with van der Waals surface area (Å²) in [6, 6.07) is 8.65. The molecule has 0 saturated heterocycles. The molecule has 286 valence electrons. The highest BCUT2D eigenvalue weighted by Gasteiger charge is 2.64. The monoisotopic (exact) mass is 749 g/mol. The Hall–Kier alpha value is -6.25. The smallest absolute Gasteiger partial charge is 0.264 e. The average Bonchev–Trinajstić information content (AvgIpc) is 3.75. The van der Waals surface area contributed by atoms with Crippen LogP contribution in [0, 0.1) is 5.92 Å². The minimum atomic E-state index is -1.27. The van der Waals surface area contributed by atoms with Crippen molar-refractivity contribution in [2.45, 2.75) is 50.5 Å². The molecule has 3 heterocycles. The standard InChI is InChI=1S/C40H43N7O8/c1-22-37-27(19-44-45-37)28(21-46(22)2)23-14-31(54-3)25(32(15-23)55-4)8-6-11-34(50)41-12-7-13-42-35(51)20-43-29-10-5-9-26-36(29)39(53)47(38(26)52)40-17-24(18-40)30(48)16-33(40)49/h5,9-10,14-15,19,21,24,43H,1,6-8,11-13,16-18,20H2,2-4H3,(H,41,50)(H,42,51)(H,44,45). The first-order chi connectivity index (χ1) is 26.5. The topological polar surface area (TPSA) is 192 Å². The summed E-state index contributed by atoms with van der Waals surface area (Å²) < 4.78 is 11.5. The van der Waals surface area contributed by atoms with Crippen molar-refractivity contribution in [3.8, 4) is 11.5 Å². The van der Waals surface area contributed by atoms with Gasteiger partial charge in [-0.15, -0.1) is 0 Å². The SMILES string of the molecule is C=C1c2[nH]ncc2C(c2cc(OC)c(CCCC(=O)NCCCNC(=O)CNc3cccc4c3C(=O)N(C35CC(C3)C(=O)CC5=O)C4=O)c(OC)c2)=CN1C. The Balaban J connectivity index is 0.847. The van der Waals surface area contributed by atoms with Crippen LogP contribution in [0.2, 0.25) is 0 Å². The normalized spacial score (nSPS) is 19.7. The number of benzene rings is 2. The lowest BCUT2D eigenvalue weighted by Gasteiger charge is -2.53. The third-order valence-corrected chi connectivity index (χ3v) is 11.0. The zero-order chi connectivity index (χ0) is 39.0. The van der Waals surface area contributed by atoms with E-state index in [1.165, 1.54) is 6.07 Å². The maximum atomic E-state index is 13.5. The number of ether oxygens (including phenoxy) is 2. The number of hydrogen-bond donors (Lipinski definition) is 4. The Bertz CT molecular complexity index is 2140. The molecule has 0 unspecified atom stereocenters. The van der Waals surface area contributed by atoms with Crippen molar-refractivity contribution in [1.29, 1.82) is 0 Å². The molecule has 4 N–H and O–H groups in total. The lowest BCUT2D eigenvalue weighted by atomic mass is 9.57. The Morgan fingerprint density at radius 2 is 1.69 bits per heavy atom. The third kappa shape index (κ3) is 6.63. The first-order valence-corrected chi connectivity index (χ1v) is 18.3. The molecule has 0 radical (unpaired) electrons. The molecule has 55 heavy (non-hydrogen) atoms. The fourth-order valence-electron chi connectivity index (χ4n) is 7.95. The molecule has 8 rings (SSSR count). The van der Waals surface area contributed by atoms with E-state index in [-0.39, 0.29) is 66.9 Å². The minimum Gasteiger partial charge on any atom is -0.496 e. The highest BCUT2D eigenvalue weighted by Crippen LogP contribution is 2.51. The predicted molar refractivity (Wildman–Crippen MR) is 201 cm³/mol. The number of fused-ring (bicyclic) bond motifs is 4. The van der Waals surface area contributed by atoms with Crippen molar-refractivity contribution in [3.05, 3.63) is 82.8 Å². The number of methoxy groups -OCH3 is 2. The van der Waals surface area contributed by atoms with Gasteiger partial charge in [0.15, 0.2) is 5.78 Å². The highest BCUT2D eigenvalue weighted by atomic mass is 16.5. The van der Waals surface area contributed by atoms with Crippen molar-refractivity contribution < 1.29 is 38.2 Å². The molecule has 0 spiro atoms. The second-order valence-electron chi connectivity index (χ2n) is 14.3. The zero-order valence-electron chi connectivity index (χ0n) is 31.0. The number of aromatic nitrogens is 2. The van der Waals surface area contributed by atoms with Gasteiger partial charge >= 0.3 is 0 Å². The summed E-state index contributed by atoms with van der Waals surface area (Å²) >= 11 is 0. The number of carbonyl (C=O) groups is 6. The average molecular weight is 750 g/mol. The molecule has 3 aromatic rings. The van der Waals surface area contributed by atoms with Crippen molar-refractivity contribution in [2.24, 2.45) is 5.92 Å². The summed E-state index contributed by atoms with van der Waals surface area (Å²) in [7, 11) is 5.14. The van der Waals surface area contributed by atoms with E-state index in [4.69, 9.17) is 9.47 Å². The number of aromatic amines is 1. The van der Waals surface area contributed by atoms with Crippen LogP contribution in [0.1, 0.15) is 81.6 Å². The number of imide groups is 1. The maximum Gasteiger partial charge on any atom is 0.264 e. The van der Waals surface area contributed by atoms with Gasteiger partial charge in [-0.1, -0.05) is 12.6 Å². The lowest BCUT2D eigenvalue weighted by Crippen LogP contribution is -2.68. The Labute approximate surface area is 317 Å². The molecule has 15 heteroatoms. The van der Waals surface area contributed by atoms with Gasteiger partial charge in [0.05, 0.1) is 55.9 Å². The van der Waals surface area contributed by atoms with E-state index in [2.05, 4.69) is 32.7 Å². The number of amides is 4. The number of nitrogens with one attached hydrogen (secondary N) is 4. The number of hydrogen-bond acceptors (Lipinski definition) is 11. The van der Waals surface area contributed by atoms with Gasteiger partial charge in [-0.25, -0.2) is 0 Å². The molecule has 4 amide bonds. The quantitative estimate of drug-likeness (QED) is 0.101. The molecule has 2 bridgehead atoms. The summed E-state index contributed by atoms with van der Waals surface area (Å²) in [5.74, 6) is -1.14. The summed E-state index contributed by atoms with van der Waals surface area (Å²) in [5, 5.41) is 15.9. The molecule has 2 aromatic carbocycles. The van der Waals surface area contributed by atoms with Crippen molar-refractivity contribution in [1.82, 2.24) is 30.6 Å². The van der Waals surface area contributed by atoms with Gasteiger partial charge in [-0.05, 0) is 61.9 Å². The van der Waals surface area contributed by atoms with Gasteiger partial charge < -0.3 is 30.3 Å². The van der Waals surface area contributed by atoms with Gasteiger partial charge in [0.2, 0.25) is 11.8 Å². The first-order valence-electron chi connectivity index (χ1n) is 18.3. The van der Waals surface area contributed by atoms with E-state index in [1.54, 1.807) is 32.5 Å². The second kappa shape index (κ2) is 14.9. The predicted octanol–water partition coefficient (Wildman–Crippen LogP) is 3.08. The molecule has 1 aromatic heterocycles. The largest absolute Gasteiger partial charge is 0.496 e. The molecular formula is C40H43N7O8. The number of ketones is 2. The van der Waals surface area contributed by atoms with Crippen LogP contribution < -0.4 is 25.4 Å². The zero-order valence-corrected chi connectivity index (χ0v) is 31.0. The number of anilines is 1. The van der Waals surface area contributed by atoms with Crippen LogP contribution in [0.25, 0.3) is 11.3 Å². The molecule has 2 aliphatic heterocycles.